The van der Waals surface area contributed by atoms with Gasteiger partial charge in [0.1, 0.15) is 0 Å². The molecule has 0 unspecified atom stereocenters. The number of hydrogen-bond acceptors (Lipinski definition) is 4. The first-order valence-corrected chi connectivity index (χ1v) is 10.3. The molecular formula is C20H18ClN3O3S. The number of halogens is 1. The van der Waals surface area contributed by atoms with Crippen LogP contribution >= 0.6 is 23.4 Å². The molecule has 4 rings (SSSR count). The third-order valence-corrected chi connectivity index (χ3v) is 6.13. The number of piperazine rings is 1. The molecule has 3 amide bonds. The van der Waals surface area contributed by atoms with Crippen molar-refractivity contribution in [1.82, 2.24) is 9.80 Å². The van der Waals surface area contributed by atoms with Gasteiger partial charge in [-0.2, -0.15) is 0 Å². The summed E-state index contributed by atoms with van der Waals surface area (Å²) in [6.07, 6.45) is 0. The topological polar surface area (TPSA) is 69.7 Å². The second-order valence-electron chi connectivity index (χ2n) is 6.64. The number of anilines is 1. The maximum atomic E-state index is 12.8. The van der Waals surface area contributed by atoms with Crippen LogP contribution in [0.25, 0.3) is 0 Å². The molecule has 0 spiro atoms. The Morgan fingerprint density at radius 3 is 2.11 bits per heavy atom. The molecule has 2 aliphatic heterocycles. The molecule has 1 N–H and O–H groups in total. The van der Waals surface area contributed by atoms with E-state index >= 15 is 0 Å². The van der Waals surface area contributed by atoms with Crippen molar-refractivity contribution in [3.05, 3.63) is 58.6 Å². The molecular weight excluding hydrogens is 398 g/mol. The zero-order valence-electron chi connectivity index (χ0n) is 15.0. The molecule has 0 atom stereocenters. The summed E-state index contributed by atoms with van der Waals surface area (Å²) in [7, 11) is 0. The Morgan fingerprint density at radius 2 is 1.46 bits per heavy atom. The first kappa shape index (κ1) is 18.8. The van der Waals surface area contributed by atoms with Gasteiger partial charge < -0.3 is 15.1 Å². The van der Waals surface area contributed by atoms with Gasteiger partial charge in [-0.3, -0.25) is 14.4 Å². The molecule has 1 fully saturated rings. The van der Waals surface area contributed by atoms with Gasteiger partial charge in [0, 0.05) is 47.2 Å². The summed E-state index contributed by atoms with van der Waals surface area (Å²) in [5, 5.41) is 3.40. The van der Waals surface area contributed by atoms with Crippen LogP contribution in [0.1, 0.15) is 20.7 Å². The molecule has 0 radical (unpaired) electrons. The lowest BCUT2D eigenvalue weighted by Crippen LogP contribution is -2.50. The van der Waals surface area contributed by atoms with E-state index < -0.39 is 0 Å². The fourth-order valence-corrected chi connectivity index (χ4v) is 4.20. The lowest BCUT2D eigenvalue weighted by molar-refractivity contribution is -0.113. The first-order valence-electron chi connectivity index (χ1n) is 8.92. The van der Waals surface area contributed by atoms with Gasteiger partial charge in [-0.25, -0.2) is 0 Å². The van der Waals surface area contributed by atoms with Gasteiger partial charge in [-0.15, -0.1) is 11.8 Å². The highest BCUT2D eigenvalue weighted by Gasteiger charge is 2.26. The van der Waals surface area contributed by atoms with Crippen molar-refractivity contribution < 1.29 is 14.4 Å². The van der Waals surface area contributed by atoms with Gasteiger partial charge in [0.2, 0.25) is 5.91 Å². The van der Waals surface area contributed by atoms with E-state index in [0.29, 0.717) is 53.8 Å². The third-order valence-electron chi connectivity index (χ3n) is 4.80. The van der Waals surface area contributed by atoms with Gasteiger partial charge in [-0.05, 0) is 42.5 Å². The van der Waals surface area contributed by atoms with Gasteiger partial charge in [0.25, 0.3) is 11.8 Å². The normalized spacial score (nSPS) is 16.4. The fraction of sp³-hybridized carbons (Fsp3) is 0.250. The zero-order chi connectivity index (χ0) is 19.7. The highest BCUT2D eigenvalue weighted by Crippen LogP contribution is 2.32. The van der Waals surface area contributed by atoms with Crippen LogP contribution in [0.5, 0.6) is 0 Å². The van der Waals surface area contributed by atoms with Crippen LogP contribution in [-0.2, 0) is 4.79 Å². The van der Waals surface area contributed by atoms with Gasteiger partial charge in [0.15, 0.2) is 0 Å². The van der Waals surface area contributed by atoms with Gasteiger partial charge in [-0.1, -0.05) is 11.6 Å². The van der Waals surface area contributed by atoms with E-state index in [1.54, 1.807) is 46.2 Å². The van der Waals surface area contributed by atoms with E-state index in [1.807, 2.05) is 6.07 Å². The summed E-state index contributed by atoms with van der Waals surface area (Å²) in [6, 6.07) is 12.2. The van der Waals surface area contributed by atoms with Crippen molar-refractivity contribution in [3.63, 3.8) is 0 Å². The SMILES string of the molecule is O=C1CSc2ccc(C(=O)N3CCN(C(=O)c4ccc(Cl)cc4)CC3)cc2N1. The number of hydrogen-bond donors (Lipinski definition) is 1. The Bertz CT molecular complexity index is 940. The molecule has 0 bridgehead atoms. The molecule has 0 aromatic heterocycles. The second kappa shape index (κ2) is 7.85. The van der Waals surface area contributed by atoms with Crippen molar-refractivity contribution in [2.75, 3.05) is 37.2 Å². The molecule has 28 heavy (non-hydrogen) atoms. The Hall–Kier alpha value is -2.51. The smallest absolute Gasteiger partial charge is 0.254 e. The Balaban J connectivity index is 1.40. The summed E-state index contributed by atoms with van der Waals surface area (Å²) in [6.45, 7) is 1.89. The number of carbonyl (C=O) groups is 3. The minimum absolute atomic E-state index is 0.0581. The average Bonchev–Trinajstić information content (AvgIpc) is 2.73. The summed E-state index contributed by atoms with van der Waals surface area (Å²) in [4.78, 5) is 41.5. The van der Waals surface area contributed by atoms with Crippen LogP contribution in [0.15, 0.2) is 47.4 Å². The number of thioether (sulfide) groups is 1. The lowest BCUT2D eigenvalue weighted by Gasteiger charge is -2.35. The standard InChI is InChI=1S/C20H18ClN3O3S/c21-15-4-1-13(2-5-15)19(26)23-7-9-24(10-8-23)20(27)14-3-6-17-16(11-14)22-18(25)12-28-17/h1-6,11H,7-10,12H2,(H,22,25). The van der Waals surface area contributed by atoms with Crippen LogP contribution in [0.4, 0.5) is 5.69 Å². The van der Waals surface area contributed by atoms with Crippen molar-refractivity contribution in [3.8, 4) is 0 Å². The first-order chi connectivity index (χ1) is 13.5. The number of benzene rings is 2. The molecule has 8 heteroatoms. The monoisotopic (exact) mass is 415 g/mol. The predicted molar refractivity (Wildman–Crippen MR) is 109 cm³/mol. The maximum Gasteiger partial charge on any atom is 0.254 e. The Labute approximate surface area is 171 Å². The molecule has 2 aromatic rings. The lowest BCUT2D eigenvalue weighted by atomic mass is 10.1. The van der Waals surface area contributed by atoms with Crippen molar-refractivity contribution >= 4 is 46.8 Å². The molecule has 2 aromatic carbocycles. The number of nitrogens with zero attached hydrogens (tertiary/aromatic N) is 2. The highest BCUT2D eigenvalue weighted by molar-refractivity contribution is 8.00. The molecule has 2 aliphatic rings. The minimum atomic E-state index is -0.0915. The maximum absolute atomic E-state index is 12.8. The number of carbonyl (C=O) groups excluding carboxylic acids is 3. The minimum Gasteiger partial charge on any atom is -0.335 e. The van der Waals surface area contributed by atoms with E-state index in [2.05, 4.69) is 5.32 Å². The van der Waals surface area contributed by atoms with Crippen LogP contribution < -0.4 is 5.32 Å². The van der Waals surface area contributed by atoms with Crippen molar-refractivity contribution in [2.24, 2.45) is 0 Å². The van der Waals surface area contributed by atoms with E-state index in [-0.39, 0.29) is 17.7 Å². The van der Waals surface area contributed by atoms with E-state index in [0.717, 1.165) is 4.90 Å². The van der Waals surface area contributed by atoms with Crippen molar-refractivity contribution in [2.45, 2.75) is 4.90 Å². The predicted octanol–water partition coefficient (Wildman–Crippen LogP) is 2.98. The van der Waals surface area contributed by atoms with Gasteiger partial charge in [0.05, 0.1) is 11.4 Å². The van der Waals surface area contributed by atoms with Crippen molar-refractivity contribution in [1.29, 1.82) is 0 Å². The Morgan fingerprint density at radius 1 is 0.893 bits per heavy atom. The van der Waals surface area contributed by atoms with Crippen LogP contribution in [-0.4, -0.2) is 59.5 Å². The summed E-state index contributed by atoms with van der Waals surface area (Å²) < 4.78 is 0. The summed E-state index contributed by atoms with van der Waals surface area (Å²) in [5.74, 6) is 0.184. The quantitative estimate of drug-likeness (QED) is 0.818. The van der Waals surface area contributed by atoms with E-state index in [9.17, 15) is 14.4 Å². The molecule has 144 valence electrons. The highest BCUT2D eigenvalue weighted by atomic mass is 35.5. The third kappa shape index (κ3) is 3.86. The number of fused-ring (bicyclic) bond motifs is 1. The van der Waals surface area contributed by atoms with Crippen LogP contribution in [0, 0.1) is 0 Å². The molecule has 6 nitrogen and oxygen atoms in total. The number of amides is 3. The number of rotatable bonds is 2. The fourth-order valence-electron chi connectivity index (χ4n) is 3.29. The molecule has 0 saturated carbocycles. The largest absolute Gasteiger partial charge is 0.335 e. The molecule has 1 saturated heterocycles. The van der Waals surface area contributed by atoms with Gasteiger partial charge >= 0.3 is 0 Å². The average molecular weight is 416 g/mol. The Kier molecular flexibility index (Phi) is 5.28. The summed E-state index contributed by atoms with van der Waals surface area (Å²) in [5.41, 5.74) is 1.81. The van der Waals surface area contributed by atoms with Crippen LogP contribution in [0.2, 0.25) is 5.02 Å². The number of nitrogens with one attached hydrogen (secondary N) is 1. The molecule has 2 heterocycles. The zero-order valence-corrected chi connectivity index (χ0v) is 16.6. The van der Waals surface area contributed by atoms with E-state index in [4.69, 9.17) is 11.6 Å². The summed E-state index contributed by atoms with van der Waals surface area (Å²) >= 11 is 7.34. The molecule has 0 aliphatic carbocycles. The second-order valence-corrected chi connectivity index (χ2v) is 8.09. The van der Waals surface area contributed by atoms with E-state index in [1.165, 1.54) is 11.8 Å². The van der Waals surface area contributed by atoms with Crippen LogP contribution in [0.3, 0.4) is 0 Å².